The first-order chi connectivity index (χ1) is 12.8. The molecule has 0 aliphatic heterocycles. The second-order valence-electron chi connectivity index (χ2n) is 5.57. The van der Waals surface area contributed by atoms with E-state index in [0.29, 0.717) is 28.8 Å². The van der Waals surface area contributed by atoms with Crippen LogP contribution in [0.1, 0.15) is 5.89 Å². The van der Waals surface area contributed by atoms with Crippen LogP contribution in [0, 0.1) is 5.82 Å². The summed E-state index contributed by atoms with van der Waals surface area (Å²) >= 11 is 1.46. The van der Waals surface area contributed by atoms with E-state index in [9.17, 15) is 4.39 Å². The third-order valence-corrected chi connectivity index (χ3v) is 4.82. The Kier molecular flexibility index (Phi) is 3.45. The maximum absolute atomic E-state index is 13.0. The highest BCUT2D eigenvalue weighted by Crippen LogP contribution is 2.26. The summed E-state index contributed by atoms with van der Waals surface area (Å²) in [6.07, 6.45) is 0. The molecule has 1 N–H and O–H groups in total. The number of aromatic amines is 1. The van der Waals surface area contributed by atoms with Crippen LogP contribution in [0.3, 0.4) is 0 Å². The normalized spacial score (nSPS) is 11.6. The Morgan fingerprint density at radius 3 is 2.81 bits per heavy atom. The van der Waals surface area contributed by atoms with Gasteiger partial charge < -0.3 is 4.52 Å². The van der Waals surface area contributed by atoms with Crippen LogP contribution in [0.4, 0.5) is 4.39 Å². The lowest BCUT2D eigenvalue weighted by Crippen LogP contribution is -1.87. The Hall–Kier alpha value is -3.20. The van der Waals surface area contributed by atoms with Crippen molar-refractivity contribution in [2.45, 2.75) is 10.9 Å². The number of fused-ring (bicyclic) bond motifs is 3. The zero-order valence-electron chi connectivity index (χ0n) is 13.3. The minimum atomic E-state index is -0.303. The molecule has 0 unspecified atom stereocenters. The second kappa shape index (κ2) is 5.95. The average molecular weight is 366 g/mol. The SMILES string of the molecule is Fc1ccc(-c2noc(CSc3n[nH]c4nc5ccccc5n34)n2)cc1. The minimum Gasteiger partial charge on any atom is -0.338 e. The number of H-pyrrole nitrogens is 1. The van der Waals surface area contributed by atoms with E-state index in [1.54, 1.807) is 12.1 Å². The number of thioether (sulfide) groups is 1. The molecule has 0 saturated heterocycles. The molecule has 9 heteroatoms. The highest BCUT2D eigenvalue weighted by Gasteiger charge is 2.14. The quantitative estimate of drug-likeness (QED) is 0.488. The molecule has 0 amide bonds. The molecule has 7 nitrogen and oxygen atoms in total. The Balaban J connectivity index is 1.40. The number of nitrogens with one attached hydrogen (secondary N) is 1. The van der Waals surface area contributed by atoms with Gasteiger partial charge in [-0.25, -0.2) is 14.5 Å². The van der Waals surface area contributed by atoms with Crippen LogP contribution < -0.4 is 0 Å². The fourth-order valence-electron chi connectivity index (χ4n) is 2.70. The number of hydrogen-bond acceptors (Lipinski definition) is 6. The van der Waals surface area contributed by atoms with Crippen LogP contribution in [-0.4, -0.2) is 29.7 Å². The molecule has 0 spiro atoms. The van der Waals surface area contributed by atoms with E-state index in [4.69, 9.17) is 4.52 Å². The van der Waals surface area contributed by atoms with Gasteiger partial charge in [0.05, 0.1) is 16.8 Å². The van der Waals surface area contributed by atoms with Crippen molar-refractivity contribution in [3.63, 3.8) is 0 Å². The predicted molar refractivity (Wildman–Crippen MR) is 94.1 cm³/mol. The van der Waals surface area contributed by atoms with E-state index in [0.717, 1.165) is 16.2 Å². The Morgan fingerprint density at radius 1 is 1.08 bits per heavy atom. The van der Waals surface area contributed by atoms with Crippen molar-refractivity contribution >= 4 is 28.6 Å². The van der Waals surface area contributed by atoms with E-state index in [1.165, 1.54) is 23.9 Å². The van der Waals surface area contributed by atoms with Gasteiger partial charge in [-0.1, -0.05) is 29.1 Å². The maximum Gasteiger partial charge on any atom is 0.237 e. The van der Waals surface area contributed by atoms with Crippen LogP contribution in [-0.2, 0) is 5.75 Å². The van der Waals surface area contributed by atoms with Gasteiger partial charge in [0.15, 0.2) is 5.16 Å². The van der Waals surface area contributed by atoms with Crippen LogP contribution in [0.2, 0.25) is 0 Å². The number of para-hydroxylation sites is 2. The smallest absolute Gasteiger partial charge is 0.237 e. The third kappa shape index (κ3) is 2.53. The summed E-state index contributed by atoms with van der Waals surface area (Å²) in [5, 5.41) is 11.9. The van der Waals surface area contributed by atoms with Gasteiger partial charge in [-0.3, -0.25) is 4.40 Å². The lowest BCUT2D eigenvalue weighted by atomic mass is 10.2. The van der Waals surface area contributed by atoms with Gasteiger partial charge in [0, 0.05) is 5.56 Å². The number of benzene rings is 2. The number of imidazole rings is 1. The van der Waals surface area contributed by atoms with Crippen LogP contribution in [0.15, 0.2) is 58.2 Å². The highest BCUT2D eigenvalue weighted by molar-refractivity contribution is 7.98. The Morgan fingerprint density at radius 2 is 1.92 bits per heavy atom. The first-order valence-corrected chi connectivity index (χ1v) is 8.79. The van der Waals surface area contributed by atoms with Crippen molar-refractivity contribution in [3.05, 3.63) is 60.2 Å². The van der Waals surface area contributed by atoms with E-state index in [-0.39, 0.29) is 5.82 Å². The Labute approximate surface area is 150 Å². The highest BCUT2D eigenvalue weighted by atomic mass is 32.2. The van der Waals surface area contributed by atoms with Gasteiger partial charge >= 0.3 is 0 Å². The Bertz CT molecular complexity index is 1210. The van der Waals surface area contributed by atoms with Crippen LogP contribution in [0.25, 0.3) is 28.2 Å². The molecule has 0 aliphatic carbocycles. The zero-order valence-corrected chi connectivity index (χ0v) is 14.1. The molecule has 0 radical (unpaired) electrons. The monoisotopic (exact) mass is 366 g/mol. The molecular weight excluding hydrogens is 355 g/mol. The lowest BCUT2D eigenvalue weighted by Gasteiger charge is -1.96. The summed E-state index contributed by atoms with van der Waals surface area (Å²) in [4.78, 5) is 8.85. The molecule has 0 fully saturated rings. The van der Waals surface area contributed by atoms with Crippen molar-refractivity contribution in [3.8, 4) is 11.4 Å². The minimum absolute atomic E-state index is 0.303. The summed E-state index contributed by atoms with van der Waals surface area (Å²) in [5.41, 5.74) is 2.59. The number of aromatic nitrogens is 6. The molecule has 128 valence electrons. The molecule has 0 saturated carbocycles. The molecule has 0 atom stereocenters. The van der Waals surface area contributed by atoms with Crippen molar-refractivity contribution in [2.24, 2.45) is 0 Å². The van der Waals surface area contributed by atoms with Crippen molar-refractivity contribution in [2.75, 3.05) is 0 Å². The first kappa shape index (κ1) is 15.1. The third-order valence-electron chi connectivity index (χ3n) is 3.90. The fourth-order valence-corrected chi connectivity index (χ4v) is 3.49. The molecule has 3 aromatic heterocycles. The van der Waals surface area contributed by atoms with E-state index < -0.39 is 0 Å². The summed E-state index contributed by atoms with van der Waals surface area (Å²) < 4.78 is 20.3. The summed E-state index contributed by atoms with van der Waals surface area (Å²) in [6.45, 7) is 0. The number of halogens is 1. The first-order valence-electron chi connectivity index (χ1n) is 7.81. The molecule has 0 aliphatic rings. The molecule has 2 aromatic carbocycles. The van der Waals surface area contributed by atoms with E-state index in [1.807, 2.05) is 28.7 Å². The average Bonchev–Trinajstić information content (AvgIpc) is 3.36. The van der Waals surface area contributed by atoms with Gasteiger partial charge in [-0.05, 0) is 36.4 Å². The summed E-state index contributed by atoms with van der Waals surface area (Å²) in [5.74, 6) is 1.74. The molecule has 3 heterocycles. The fraction of sp³-hybridized carbons (Fsp3) is 0.0588. The number of hydrogen-bond donors (Lipinski definition) is 1. The predicted octanol–water partition coefficient (Wildman–Crippen LogP) is 3.69. The van der Waals surface area contributed by atoms with Crippen LogP contribution in [0.5, 0.6) is 0 Å². The lowest BCUT2D eigenvalue weighted by molar-refractivity contribution is 0.391. The summed E-state index contributed by atoms with van der Waals surface area (Å²) in [7, 11) is 0. The van der Waals surface area contributed by atoms with E-state index in [2.05, 4.69) is 25.3 Å². The largest absolute Gasteiger partial charge is 0.338 e. The number of rotatable bonds is 4. The molecule has 5 rings (SSSR count). The maximum atomic E-state index is 13.0. The standard InChI is InChI=1S/C17H11FN6OS/c18-11-7-5-10(6-8-11)15-20-14(25-23-15)9-26-17-22-21-16-19-12-3-1-2-4-13(12)24(16)17/h1-8H,9H2,(H,19,21). The number of nitrogens with zero attached hydrogens (tertiary/aromatic N) is 5. The molecular formula is C17H11FN6OS. The molecule has 5 aromatic rings. The van der Waals surface area contributed by atoms with Gasteiger partial charge in [0.2, 0.25) is 17.5 Å². The van der Waals surface area contributed by atoms with Crippen molar-refractivity contribution < 1.29 is 8.91 Å². The van der Waals surface area contributed by atoms with Gasteiger partial charge in [-0.15, -0.1) is 5.10 Å². The van der Waals surface area contributed by atoms with Gasteiger partial charge in [0.25, 0.3) is 0 Å². The summed E-state index contributed by atoms with van der Waals surface area (Å²) in [6, 6.07) is 13.8. The van der Waals surface area contributed by atoms with Gasteiger partial charge in [-0.2, -0.15) is 4.98 Å². The van der Waals surface area contributed by atoms with Crippen molar-refractivity contribution in [1.82, 2.24) is 29.7 Å². The second-order valence-corrected chi connectivity index (χ2v) is 6.52. The van der Waals surface area contributed by atoms with Gasteiger partial charge in [0.1, 0.15) is 5.82 Å². The molecule has 26 heavy (non-hydrogen) atoms. The van der Waals surface area contributed by atoms with E-state index >= 15 is 0 Å². The zero-order chi connectivity index (χ0) is 17.5. The van der Waals surface area contributed by atoms with Crippen LogP contribution >= 0.6 is 11.8 Å². The van der Waals surface area contributed by atoms with Crippen molar-refractivity contribution in [1.29, 1.82) is 0 Å². The molecule has 0 bridgehead atoms. The topological polar surface area (TPSA) is 84.9 Å².